The Balaban J connectivity index is 1.62. The number of carbonyl (C=O) groups is 2. The van der Waals surface area contributed by atoms with Gasteiger partial charge >= 0.3 is 12.0 Å². The number of rotatable bonds is 3. The molecule has 0 radical (unpaired) electrons. The van der Waals surface area contributed by atoms with Crippen LogP contribution in [0, 0.1) is 0 Å². The Morgan fingerprint density at radius 1 is 1.26 bits per heavy atom. The third-order valence-corrected chi connectivity index (χ3v) is 4.49. The van der Waals surface area contributed by atoms with Gasteiger partial charge in [-0.3, -0.25) is 5.32 Å². The van der Waals surface area contributed by atoms with Crippen molar-refractivity contribution in [2.75, 3.05) is 18.4 Å². The molecule has 0 spiro atoms. The second-order valence-corrected chi connectivity index (χ2v) is 5.93. The number of benzene rings is 1. The molecular weight excluding hydrogens is 316 g/mol. The molecule has 8 heteroatoms. The van der Waals surface area contributed by atoms with E-state index in [4.69, 9.17) is 0 Å². The lowest BCUT2D eigenvalue weighted by atomic mass is 9.86. The minimum atomic E-state index is -0.906. The molecule has 3 rings (SSSR count). The highest BCUT2D eigenvalue weighted by Crippen LogP contribution is 2.30. The predicted octanol–water partition coefficient (Wildman–Crippen LogP) is 2.65. The molecule has 0 bridgehead atoms. The summed E-state index contributed by atoms with van der Waals surface area (Å²) in [7, 11) is 0. The Bertz CT molecular complexity index is 697. The first-order valence-electron chi connectivity index (χ1n) is 7.31. The maximum atomic E-state index is 12.1. The zero-order valence-corrected chi connectivity index (χ0v) is 13.1. The quantitative estimate of drug-likeness (QED) is 0.901. The van der Waals surface area contributed by atoms with Crippen molar-refractivity contribution >= 4 is 29.5 Å². The van der Waals surface area contributed by atoms with Crippen molar-refractivity contribution in [2.45, 2.75) is 18.8 Å². The van der Waals surface area contributed by atoms with Crippen LogP contribution in [0.1, 0.15) is 34.7 Å². The number of likely N-dealkylation sites (tertiary alicyclic amines) is 1. The molecule has 0 saturated carbocycles. The molecule has 1 fully saturated rings. The highest BCUT2D eigenvalue weighted by Gasteiger charge is 2.26. The molecule has 23 heavy (non-hydrogen) atoms. The average molecular weight is 332 g/mol. The zero-order chi connectivity index (χ0) is 16.2. The molecular formula is C15H16N4O3S. The van der Waals surface area contributed by atoms with Gasteiger partial charge in [0.1, 0.15) is 0 Å². The number of aromatic nitrogens is 2. The fraction of sp³-hybridized carbons (Fsp3) is 0.333. The van der Waals surface area contributed by atoms with Gasteiger partial charge in [-0.05, 0) is 30.4 Å². The first kappa shape index (κ1) is 15.4. The molecule has 0 aliphatic carbocycles. The summed E-state index contributed by atoms with van der Waals surface area (Å²) in [4.78, 5) is 25.2. The highest BCUT2D eigenvalue weighted by molar-refractivity contribution is 6.99. The minimum absolute atomic E-state index is 0.160. The van der Waals surface area contributed by atoms with E-state index in [1.54, 1.807) is 17.0 Å². The van der Waals surface area contributed by atoms with E-state index in [1.165, 1.54) is 6.20 Å². The zero-order valence-electron chi connectivity index (χ0n) is 12.3. The Kier molecular flexibility index (Phi) is 4.52. The summed E-state index contributed by atoms with van der Waals surface area (Å²) in [6.45, 7) is 1.17. The van der Waals surface area contributed by atoms with E-state index >= 15 is 0 Å². The van der Waals surface area contributed by atoms with Gasteiger partial charge < -0.3 is 10.0 Å². The van der Waals surface area contributed by atoms with E-state index in [-0.39, 0.29) is 11.9 Å². The van der Waals surface area contributed by atoms with Crippen molar-refractivity contribution in [1.29, 1.82) is 0 Å². The average Bonchev–Trinajstić information content (AvgIpc) is 3.08. The van der Waals surface area contributed by atoms with Crippen LogP contribution in [0.2, 0.25) is 0 Å². The fourth-order valence-electron chi connectivity index (χ4n) is 2.85. The summed E-state index contributed by atoms with van der Waals surface area (Å²) >= 11 is 1.04. The molecule has 1 aliphatic rings. The Morgan fingerprint density at radius 2 is 2.00 bits per heavy atom. The van der Waals surface area contributed by atoms with Crippen LogP contribution in [0.15, 0.2) is 30.5 Å². The van der Waals surface area contributed by atoms with Crippen molar-refractivity contribution in [3.05, 3.63) is 41.6 Å². The number of hydrogen-bond donors (Lipinski definition) is 2. The van der Waals surface area contributed by atoms with Crippen LogP contribution in [-0.2, 0) is 0 Å². The number of nitrogens with zero attached hydrogens (tertiary/aromatic N) is 3. The van der Waals surface area contributed by atoms with E-state index in [0.717, 1.165) is 30.1 Å². The van der Waals surface area contributed by atoms with E-state index in [9.17, 15) is 14.7 Å². The standard InChI is InChI=1S/C15H16N4O3S/c20-14(21)12-4-2-1-3-11(12)10-5-7-19(8-6-10)15(22)17-13-9-16-23-18-13/h1-4,9-10H,5-8H2,(H,20,21)(H,17,18,22). The number of piperidine rings is 1. The van der Waals surface area contributed by atoms with Crippen LogP contribution >= 0.6 is 11.7 Å². The number of carboxylic acid groups (broad SMARTS) is 1. The monoisotopic (exact) mass is 332 g/mol. The normalized spacial score (nSPS) is 15.4. The molecule has 2 aromatic rings. The lowest BCUT2D eigenvalue weighted by Gasteiger charge is -2.32. The summed E-state index contributed by atoms with van der Waals surface area (Å²) in [5.41, 5.74) is 1.20. The van der Waals surface area contributed by atoms with Crippen molar-refractivity contribution in [1.82, 2.24) is 13.6 Å². The van der Waals surface area contributed by atoms with Crippen LogP contribution in [-0.4, -0.2) is 43.8 Å². The predicted molar refractivity (Wildman–Crippen MR) is 85.9 cm³/mol. The maximum absolute atomic E-state index is 12.1. The topological polar surface area (TPSA) is 95.4 Å². The lowest BCUT2D eigenvalue weighted by molar-refractivity contribution is 0.0694. The van der Waals surface area contributed by atoms with E-state index in [0.29, 0.717) is 24.5 Å². The van der Waals surface area contributed by atoms with Crippen LogP contribution in [0.5, 0.6) is 0 Å². The number of aromatic carboxylic acids is 1. The second kappa shape index (κ2) is 6.74. The largest absolute Gasteiger partial charge is 0.478 e. The Hall–Kier alpha value is -2.48. The van der Waals surface area contributed by atoms with Gasteiger partial charge in [-0.15, -0.1) is 0 Å². The summed E-state index contributed by atoms with van der Waals surface area (Å²) in [5.74, 6) is -0.289. The summed E-state index contributed by atoms with van der Waals surface area (Å²) in [6.07, 6.45) is 3.00. The number of amides is 2. The van der Waals surface area contributed by atoms with Gasteiger partial charge in [-0.2, -0.15) is 8.75 Å². The molecule has 1 saturated heterocycles. The number of nitrogens with one attached hydrogen (secondary N) is 1. The van der Waals surface area contributed by atoms with Crippen molar-refractivity contribution in [3.63, 3.8) is 0 Å². The molecule has 0 atom stereocenters. The first-order chi connectivity index (χ1) is 11.1. The molecule has 1 aliphatic heterocycles. The molecule has 120 valence electrons. The SMILES string of the molecule is O=C(O)c1ccccc1C1CCN(C(=O)Nc2cnsn2)CC1. The third-order valence-electron chi connectivity index (χ3n) is 4.01. The Morgan fingerprint density at radius 3 is 2.65 bits per heavy atom. The van der Waals surface area contributed by atoms with Gasteiger partial charge in [0.15, 0.2) is 5.82 Å². The van der Waals surface area contributed by atoms with E-state index < -0.39 is 5.97 Å². The van der Waals surface area contributed by atoms with Gasteiger partial charge in [0.25, 0.3) is 0 Å². The lowest BCUT2D eigenvalue weighted by Crippen LogP contribution is -2.40. The molecule has 1 aromatic heterocycles. The van der Waals surface area contributed by atoms with Gasteiger partial charge in [-0.1, -0.05) is 18.2 Å². The number of urea groups is 1. The van der Waals surface area contributed by atoms with Gasteiger partial charge in [0, 0.05) is 13.1 Å². The smallest absolute Gasteiger partial charge is 0.335 e. The highest BCUT2D eigenvalue weighted by atomic mass is 32.1. The number of hydrogen-bond acceptors (Lipinski definition) is 5. The van der Waals surface area contributed by atoms with Gasteiger partial charge in [0.2, 0.25) is 0 Å². The number of carboxylic acids is 1. The molecule has 2 heterocycles. The van der Waals surface area contributed by atoms with Crippen LogP contribution in [0.4, 0.5) is 10.6 Å². The van der Waals surface area contributed by atoms with Crippen LogP contribution in [0.3, 0.4) is 0 Å². The molecule has 1 aromatic carbocycles. The van der Waals surface area contributed by atoms with Crippen LogP contribution < -0.4 is 5.32 Å². The van der Waals surface area contributed by atoms with E-state index in [2.05, 4.69) is 14.1 Å². The van der Waals surface area contributed by atoms with Gasteiger partial charge in [-0.25, -0.2) is 9.59 Å². The van der Waals surface area contributed by atoms with Gasteiger partial charge in [0.05, 0.1) is 23.5 Å². The molecule has 2 amide bonds. The summed E-state index contributed by atoms with van der Waals surface area (Å²) in [6, 6.07) is 6.90. The van der Waals surface area contributed by atoms with Crippen molar-refractivity contribution < 1.29 is 14.7 Å². The first-order valence-corrected chi connectivity index (χ1v) is 8.04. The van der Waals surface area contributed by atoms with Crippen molar-refractivity contribution in [2.24, 2.45) is 0 Å². The minimum Gasteiger partial charge on any atom is -0.478 e. The molecule has 0 unspecified atom stereocenters. The summed E-state index contributed by atoms with van der Waals surface area (Å²) < 4.78 is 7.79. The third kappa shape index (κ3) is 3.48. The molecule has 2 N–H and O–H groups in total. The fourth-order valence-corrected chi connectivity index (χ4v) is 3.22. The summed E-state index contributed by atoms with van der Waals surface area (Å²) in [5, 5.41) is 12.0. The van der Waals surface area contributed by atoms with E-state index in [1.807, 2.05) is 12.1 Å². The molecule has 7 nitrogen and oxygen atoms in total. The second-order valence-electron chi connectivity index (χ2n) is 5.38. The van der Waals surface area contributed by atoms with Crippen molar-refractivity contribution in [3.8, 4) is 0 Å². The maximum Gasteiger partial charge on any atom is 0.335 e. The van der Waals surface area contributed by atoms with Crippen LogP contribution in [0.25, 0.3) is 0 Å². The Labute approximate surface area is 137 Å². The number of carbonyl (C=O) groups excluding carboxylic acids is 1. The number of anilines is 1.